The summed E-state index contributed by atoms with van der Waals surface area (Å²) >= 11 is 0. The van der Waals surface area contributed by atoms with E-state index in [-0.39, 0.29) is 5.82 Å². The van der Waals surface area contributed by atoms with Crippen molar-refractivity contribution < 1.29 is 14.3 Å². The van der Waals surface area contributed by atoms with Crippen molar-refractivity contribution in [3.63, 3.8) is 0 Å². The van der Waals surface area contributed by atoms with E-state index in [0.29, 0.717) is 23.7 Å². The summed E-state index contributed by atoms with van der Waals surface area (Å²) in [5.74, 6) is 0.0537. The van der Waals surface area contributed by atoms with E-state index < -0.39 is 5.97 Å². The fourth-order valence-corrected chi connectivity index (χ4v) is 1.61. The van der Waals surface area contributed by atoms with Gasteiger partial charge in [-0.05, 0) is 12.5 Å². The first kappa shape index (κ1) is 13.9. The van der Waals surface area contributed by atoms with Crippen LogP contribution in [0.3, 0.4) is 0 Å². The van der Waals surface area contributed by atoms with Crippen molar-refractivity contribution in [3.05, 3.63) is 30.4 Å². The number of nitrogen functional groups attached to an aromatic ring is 1. The summed E-state index contributed by atoms with van der Waals surface area (Å²) in [6.45, 7) is 2.63. The predicted octanol–water partition coefficient (Wildman–Crippen LogP) is 1.42. The van der Waals surface area contributed by atoms with Crippen LogP contribution in [0.25, 0.3) is 5.69 Å². The maximum atomic E-state index is 11.3. The summed E-state index contributed by atoms with van der Waals surface area (Å²) in [6.07, 6.45) is 2.32. The molecule has 7 nitrogen and oxygen atoms in total. The highest BCUT2D eigenvalue weighted by Crippen LogP contribution is 2.21. The second-order valence-electron chi connectivity index (χ2n) is 4.11. The van der Waals surface area contributed by atoms with Crippen molar-refractivity contribution in [1.29, 1.82) is 0 Å². The molecule has 0 amide bonds. The number of hydrogen-bond donors (Lipinski definition) is 1. The number of carbonyl (C=O) groups excluding carboxylic acids is 1. The molecule has 0 aliphatic carbocycles. The molecular weight excluding hydrogens is 260 g/mol. The van der Waals surface area contributed by atoms with Gasteiger partial charge in [-0.3, -0.25) is 0 Å². The van der Waals surface area contributed by atoms with Crippen LogP contribution in [0.1, 0.15) is 24.0 Å². The van der Waals surface area contributed by atoms with Gasteiger partial charge in [-0.1, -0.05) is 6.92 Å². The Bertz CT molecular complexity index is 609. The Morgan fingerprint density at radius 1 is 1.40 bits per heavy atom. The largest absolute Gasteiger partial charge is 0.493 e. The predicted molar refractivity (Wildman–Crippen MR) is 72.9 cm³/mol. The SMILES string of the molecule is CCCOc1cc(N)cc(-n2cnc(C(=O)OC)n2)c1. The van der Waals surface area contributed by atoms with E-state index in [9.17, 15) is 4.79 Å². The molecule has 1 aromatic heterocycles. The van der Waals surface area contributed by atoms with Gasteiger partial charge in [0.15, 0.2) is 0 Å². The van der Waals surface area contributed by atoms with Gasteiger partial charge < -0.3 is 15.2 Å². The zero-order valence-corrected chi connectivity index (χ0v) is 11.4. The highest BCUT2D eigenvalue weighted by molar-refractivity contribution is 5.84. The van der Waals surface area contributed by atoms with Gasteiger partial charge in [0, 0.05) is 17.8 Å². The Kier molecular flexibility index (Phi) is 4.19. The van der Waals surface area contributed by atoms with Gasteiger partial charge in [-0.2, -0.15) is 0 Å². The van der Waals surface area contributed by atoms with Crippen molar-refractivity contribution in [2.24, 2.45) is 0 Å². The fourth-order valence-electron chi connectivity index (χ4n) is 1.61. The highest BCUT2D eigenvalue weighted by Gasteiger charge is 2.12. The lowest BCUT2D eigenvalue weighted by atomic mass is 10.2. The molecule has 106 valence electrons. The van der Waals surface area contributed by atoms with E-state index >= 15 is 0 Å². The summed E-state index contributed by atoms with van der Waals surface area (Å²) in [6, 6.07) is 5.23. The molecule has 0 unspecified atom stereocenters. The van der Waals surface area contributed by atoms with Crippen molar-refractivity contribution in [2.45, 2.75) is 13.3 Å². The van der Waals surface area contributed by atoms with Gasteiger partial charge >= 0.3 is 5.97 Å². The smallest absolute Gasteiger partial charge is 0.377 e. The summed E-state index contributed by atoms with van der Waals surface area (Å²) in [5, 5.41) is 4.03. The van der Waals surface area contributed by atoms with Gasteiger partial charge in [0.05, 0.1) is 19.4 Å². The molecule has 0 radical (unpaired) electrons. The molecule has 2 N–H and O–H groups in total. The number of aromatic nitrogens is 3. The second kappa shape index (κ2) is 6.05. The van der Waals surface area contributed by atoms with E-state index in [1.54, 1.807) is 18.2 Å². The molecule has 0 aliphatic rings. The molecule has 0 spiro atoms. The molecule has 0 aliphatic heterocycles. The van der Waals surface area contributed by atoms with E-state index in [2.05, 4.69) is 14.8 Å². The van der Waals surface area contributed by atoms with Crippen LogP contribution in [0.4, 0.5) is 5.69 Å². The topological polar surface area (TPSA) is 92.3 Å². The van der Waals surface area contributed by atoms with E-state index in [1.165, 1.54) is 18.1 Å². The zero-order chi connectivity index (χ0) is 14.5. The first-order chi connectivity index (χ1) is 9.63. The lowest BCUT2D eigenvalue weighted by molar-refractivity contribution is 0.0587. The monoisotopic (exact) mass is 276 g/mol. The maximum Gasteiger partial charge on any atom is 0.377 e. The first-order valence-corrected chi connectivity index (χ1v) is 6.17. The number of rotatable bonds is 5. The van der Waals surface area contributed by atoms with Crippen LogP contribution in [0, 0.1) is 0 Å². The molecule has 7 heteroatoms. The standard InChI is InChI=1S/C13H16N4O3/c1-3-4-20-11-6-9(14)5-10(7-11)17-8-15-12(16-17)13(18)19-2/h5-8H,3-4,14H2,1-2H3. The Balaban J connectivity index is 2.29. The Labute approximate surface area is 116 Å². The van der Waals surface area contributed by atoms with Crippen LogP contribution in [0.15, 0.2) is 24.5 Å². The van der Waals surface area contributed by atoms with Crippen molar-refractivity contribution in [1.82, 2.24) is 14.8 Å². The van der Waals surface area contributed by atoms with Crippen molar-refractivity contribution in [3.8, 4) is 11.4 Å². The summed E-state index contributed by atoms with van der Waals surface area (Å²) in [7, 11) is 1.28. The third-order valence-electron chi connectivity index (χ3n) is 2.51. The summed E-state index contributed by atoms with van der Waals surface area (Å²) in [4.78, 5) is 15.2. The van der Waals surface area contributed by atoms with Gasteiger partial charge in [-0.15, -0.1) is 5.10 Å². The van der Waals surface area contributed by atoms with E-state index in [0.717, 1.165) is 6.42 Å². The normalized spacial score (nSPS) is 10.3. The molecule has 0 fully saturated rings. The minimum Gasteiger partial charge on any atom is -0.493 e. The van der Waals surface area contributed by atoms with Crippen molar-refractivity contribution >= 4 is 11.7 Å². The van der Waals surface area contributed by atoms with Crippen LogP contribution >= 0.6 is 0 Å². The molecule has 2 rings (SSSR count). The molecule has 0 atom stereocenters. The average molecular weight is 276 g/mol. The third-order valence-corrected chi connectivity index (χ3v) is 2.51. The van der Waals surface area contributed by atoms with Crippen LogP contribution in [0.5, 0.6) is 5.75 Å². The van der Waals surface area contributed by atoms with E-state index in [4.69, 9.17) is 10.5 Å². The quantitative estimate of drug-likeness (QED) is 0.656. The molecule has 0 bridgehead atoms. The van der Waals surface area contributed by atoms with Crippen LogP contribution in [-0.4, -0.2) is 34.5 Å². The number of nitrogens with zero attached hydrogens (tertiary/aromatic N) is 3. The number of ether oxygens (including phenoxy) is 2. The number of anilines is 1. The summed E-state index contributed by atoms with van der Waals surface area (Å²) in [5.41, 5.74) is 7.04. The first-order valence-electron chi connectivity index (χ1n) is 6.17. The highest BCUT2D eigenvalue weighted by atomic mass is 16.5. The molecule has 1 heterocycles. The molecule has 20 heavy (non-hydrogen) atoms. The second-order valence-corrected chi connectivity index (χ2v) is 4.11. The third kappa shape index (κ3) is 3.05. The number of methoxy groups -OCH3 is 1. The fraction of sp³-hybridized carbons (Fsp3) is 0.308. The lowest BCUT2D eigenvalue weighted by Crippen LogP contribution is -2.05. The zero-order valence-electron chi connectivity index (χ0n) is 11.4. The maximum absolute atomic E-state index is 11.3. The Hall–Kier alpha value is -2.57. The van der Waals surface area contributed by atoms with Gasteiger partial charge in [0.25, 0.3) is 5.82 Å². The number of carbonyl (C=O) groups is 1. The van der Waals surface area contributed by atoms with Gasteiger partial charge in [-0.25, -0.2) is 14.5 Å². The van der Waals surface area contributed by atoms with Gasteiger partial charge in [0.2, 0.25) is 0 Å². The number of esters is 1. The molecule has 0 saturated heterocycles. The minimum atomic E-state index is -0.588. The average Bonchev–Trinajstić information content (AvgIpc) is 2.93. The lowest BCUT2D eigenvalue weighted by Gasteiger charge is -2.08. The summed E-state index contributed by atoms with van der Waals surface area (Å²) < 4.78 is 11.5. The number of benzene rings is 1. The van der Waals surface area contributed by atoms with Crippen LogP contribution < -0.4 is 10.5 Å². The minimum absolute atomic E-state index is 0.00838. The van der Waals surface area contributed by atoms with Crippen molar-refractivity contribution in [2.75, 3.05) is 19.5 Å². The number of nitrogens with two attached hydrogens (primary N) is 1. The molecule has 2 aromatic rings. The molecular formula is C13H16N4O3. The molecule has 1 aromatic carbocycles. The molecule has 0 saturated carbocycles. The Morgan fingerprint density at radius 2 is 2.20 bits per heavy atom. The van der Waals surface area contributed by atoms with Crippen LogP contribution in [-0.2, 0) is 4.74 Å². The van der Waals surface area contributed by atoms with E-state index in [1.807, 2.05) is 6.92 Å². The van der Waals surface area contributed by atoms with Gasteiger partial charge in [0.1, 0.15) is 12.1 Å². The Morgan fingerprint density at radius 3 is 2.90 bits per heavy atom. The van der Waals surface area contributed by atoms with Crippen LogP contribution in [0.2, 0.25) is 0 Å². The number of hydrogen-bond acceptors (Lipinski definition) is 6.